The maximum absolute atomic E-state index is 12.1. The number of Topliss-reactive ketones (excluding diaryl/α,β-unsaturated/α-hetero) is 1. The molecule has 22 heavy (non-hydrogen) atoms. The minimum atomic E-state index is -0.292. The molecule has 0 aromatic heterocycles. The second-order valence-corrected chi connectivity index (χ2v) is 4.84. The van der Waals surface area contributed by atoms with E-state index in [0.717, 1.165) is 5.56 Å². The van der Waals surface area contributed by atoms with Crippen LogP contribution in [-0.2, 0) is 0 Å². The van der Waals surface area contributed by atoms with Crippen molar-refractivity contribution < 1.29 is 19.7 Å². The summed E-state index contributed by atoms with van der Waals surface area (Å²) in [5.41, 5.74) is 1.59. The fourth-order valence-electron chi connectivity index (χ4n) is 1.95. The molecular weight excluding hydrogens is 282 g/mol. The van der Waals surface area contributed by atoms with Crippen LogP contribution in [-0.4, -0.2) is 35.9 Å². The number of ketones is 1. The summed E-state index contributed by atoms with van der Waals surface area (Å²) in [6, 6.07) is 9.57. The molecule has 0 spiro atoms. The number of carbonyl (C=O) groups excluding carboxylic acids is 1. The molecule has 0 heterocycles. The van der Waals surface area contributed by atoms with E-state index in [9.17, 15) is 15.0 Å². The van der Waals surface area contributed by atoms with Gasteiger partial charge in [-0.15, -0.1) is 0 Å². The summed E-state index contributed by atoms with van der Waals surface area (Å²) in [5.74, 6) is 0.284. The molecule has 2 aromatic carbocycles. The molecule has 2 N–H and O–H groups in total. The molecule has 0 aliphatic rings. The zero-order chi connectivity index (χ0) is 16.1. The number of ether oxygens (including phenoxy) is 1. The van der Waals surface area contributed by atoms with Gasteiger partial charge in [0.25, 0.3) is 0 Å². The van der Waals surface area contributed by atoms with Crippen molar-refractivity contribution in [2.24, 2.45) is 4.99 Å². The Morgan fingerprint density at radius 3 is 2.64 bits per heavy atom. The standard InChI is InChI=1S/C17H17NO4/c1-11-3-5-16(20)14(7-11)17(21)10-18-9-12-8-13(22-2)4-6-15(12)19/h3-9,19-20H,10H2,1-2H3. The number of hydrogen-bond donors (Lipinski definition) is 2. The number of hydrogen-bond acceptors (Lipinski definition) is 5. The van der Waals surface area contributed by atoms with E-state index in [0.29, 0.717) is 11.3 Å². The maximum Gasteiger partial charge on any atom is 0.187 e. The Bertz CT molecular complexity index is 723. The van der Waals surface area contributed by atoms with Crippen molar-refractivity contribution in [3.63, 3.8) is 0 Å². The molecule has 0 radical (unpaired) electrons. The van der Waals surface area contributed by atoms with Gasteiger partial charge in [0.2, 0.25) is 0 Å². The zero-order valence-electron chi connectivity index (χ0n) is 12.4. The van der Waals surface area contributed by atoms with Crippen LogP contribution in [0.25, 0.3) is 0 Å². The van der Waals surface area contributed by atoms with Crippen LogP contribution < -0.4 is 4.74 Å². The second-order valence-electron chi connectivity index (χ2n) is 4.84. The highest BCUT2D eigenvalue weighted by Crippen LogP contribution is 2.21. The molecule has 0 bridgehead atoms. The molecule has 0 aliphatic carbocycles. The van der Waals surface area contributed by atoms with E-state index in [1.54, 1.807) is 24.3 Å². The highest BCUT2D eigenvalue weighted by molar-refractivity contribution is 6.01. The Morgan fingerprint density at radius 2 is 1.91 bits per heavy atom. The molecule has 0 atom stereocenters. The number of nitrogens with zero attached hydrogens (tertiary/aromatic N) is 1. The lowest BCUT2D eigenvalue weighted by molar-refractivity contribution is 0.0999. The Morgan fingerprint density at radius 1 is 1.18 bits per heavy atom. The van der Waals surface area contributed by atoms with Gasteiger partial charge in [0.15, 0.2) is 5.78 Å². The quantitative estimate of drug-likeness (QED) is 0.657. The Labute approximate surface area is 128 Å². The number of aromatic hydroxyl groups is 2. The monoisotopic (exact) mass is 299 g/mol. The summed E-state index contributed by atoms with van der Waals surface area (Å²) in [7, 11) is 1.53. The summed E-state index contributed by atoms with van der Waals surface area (Å²) in [6.45, 7) is 1.72. The molecule has 2 aromatic rings. The summed E-state index contributed by atoms with van der Waals surface area (Å²) in [4.78, 5) is 16.1. The molecule has 0 fully saturated rings. The van der Waals surface area contributed by atoms with E-state index < -0.39 is 0 Å². The van der Waals surface area contributed by atoms with E-state index in [1.165, 1.54) is 25.5 Å². The lowest BCUT2D eigenvalue weighted by Gasteiger charge is -2.04. The van der Waals surface area contributed by atoms with Crippen molar-refractivity contribution in [2.45, 2.75) is 6.92 Å². The van der Waals surface area contributed by atoms with Gasteiger partial charge in [0.05, 0.1) is 12.7 Å². The van der Waals surface area contributed by atoms with Gasteiger partial charge in [-0.3, -0.25) is 9.79 Å². The lowest BCUT2D eigenvalue weighted by atomic mass is 10.1. The van der Waals surface area contributed by atoms with Crippen LogP contribution in [0.5, 0.6) is 17.2 Å². The van der Waals surface area contributed by atoms with Gasteiger partial charge in [-0.25, -0.2) is 0 Å². The highest BCUT2D eigenvalue weighted by Gasteiger charge is 2.10. The molecule has 0 unspecified atom stereocenters. The number of aryl methyl sites for hydroxylation is 1. The van der Waals surface area contributed by atoms with Crippen molar-refractivity contribution in [2.75, 3.05) is 13.7 Å². The average molecular weight is 299 g/mol. The fraction of sp³-hybridized carbons (Fsp3) is 0.176. The first-order valence-electron chi connectivity index (χ1n) is 6.71. The lowest BCUT2D eigenvalue weighted by Crippen LogP contribution is -2.04. The van der Waals surface area contributed by atoms with Crippen molar-refractivity contribution in [3.05, 3.63) is 53.1 Å². The van der Waals surface area contributed by atoms with Gasteiger partial charge in [-0.05, 0) is 37.3 Å². The van der Waals surface area contributed by atoms with Crippen LogP contribution in [0.2, 0.25) is 0 Å². The van der Waals surface area contributed by atoms with E-state index in [4.69, 9.17) is 4.74 Å². The minimum absolute atomic E-state index is 0.0513. The molecule has 114 valence electrons. The molecule has 5 heteroatoms. The molecular formula is C17H17NO4. The van der Waals surface area contributed by atoms with Gasteiger partial charge in [-0.1, -0.05) is 11.6 Å². The fourth-order valence-corrected chi connectivity index (χ4v) is 1.95. The number of carbonyl (C=O) groups is 1. The third-order valence-corrected chi connectivity index (χ3v) is 3.15. The first-order chi connectivity index (χ1) is 10.5. The molecule has 2 rings (SSSR count). The van der Waals surface area contributed by atoms with E-state index >= 15 is 0 Å². The van der Waals surface area contributed by atoms with Crippen molar-refractivity contribution >= 4 is 12.0 Å². The second kappa shape index (κ2) is 6.76. The van der Waals surface area contributed by atoms with Crippen molar-refractivity contribution in [1.82, 2.24) is 0 Å². The topological polar surface area (TPSA) is 79.1 Å². The zero-order valence-corrected chi connectivity index (χ0v) is 12.4. The van der Waals surface area contributed by atoms with Gasteiger partial charge >= 0.3 is 0 Å². The third kappa shape index (κ3) is 3.63. The van der Waals surface area contributed by atoms with Gasteiger partial charge in [-0.2, -0.15) is 0 Å². The minimum Gasteiger partial charge on any atom is -0.507 e. The number of rotatable bonds is 5. The normalized spacial score (nSPS) is 10.8. The number of phenolic OH excluding ortho intramolecular Hbond substituents is 2. The predicted molar refractivity (Wildman–Crippen MR) is 84.3 cm³/mol. The van der Waals surface area contributed by atoms with Gasteiger partial charge < -0.3 is 14.9 Å². The Balaban J connectivity index is 2.12. The average Bonchev–Trinajstić information content (AvgIpc) is 2.51. The van der Waals surface area contributed by atoms with Crippen molar-refractivity contribution in [3.8, 4) is 17.2 Å². The summed E-state index contributed by atoms with van der Waals surface area (Å²) in [5, 5.41) is 19.4. The van der Waals surface area contributed by atoms with E-state index in [-0.39, 0.29) is 29.4 Å². The number of aliphatic imine (C=N–C) groups is 1. The highest BCUT2D eigenvalue weighted by atomic mass is 16.5. The molecule has 5 nitrogen and oxygen atoms in total. The number of methoxy groups -OCH3 is 1. The van der Waals surface area contributed by atoms with E-state index in [1.807, 2.05) is 6.92 Å². The first kappa shape index (κ1) is 15.6. The number of benzene rings is 2. The summed E-state index contributed by atoms with van der Waals surface area (Å²) < 4.78 is 5.06. The summed E-state index contributed by atoms with van der Waals surface area (Å²) >= 11 is 0. The van der Waals surface area contributed by atoms with Gasteiger partial charge in [0, 0.05) is 11.8 Å². The van der Waals surface area contributed by atoms with Crippen LogP contribution in [0, 0.1) is 6.92 Å². The third-order valence-electron chi connectivity index (χ3n) is 3.15. The molecule has 0 amide bonds. The summed E-state index contributed by atoms with van der Waals surface area (Å²) in [6.07, 6.45) is 1.41. The molecule has 0 saturated heterocycles. The van der Waals surface area contributed by atoms with Crippen LogP contribution in [0.3, 0.4) is 0 Å². The van der Waals surface area contributed by atoms with Gasteiger partial charge in [0.1, 0.15) is 23.8 Å². The molecule has 0 saturated carbocycles. The predicted octanol–water partition coefficient (Wildman–Crippen LogP) is 2.72. The molecule has 0 aliphatic heterocycles. The smallest absolute Gasteiger partial charge is 0.187 e. The van der Waals surface area contributed by atoms with Crippen LogP contribution in [0.4, 0.5) is 0 Å². The first-order valence-corrected chi connectivity index (χ1v) is 6.71. The van der Waals surface area contributed by atoms with Crippen LogP contribution in [0.1, 0.15) is 21.5 Å². The maximum atomic E-state index is 12.1. The number of phenols is 2. The SMILES string of the molecule is COc1ccc(O)c(C=NCC(=O)c2cc(C)ccc2O)c1. The van der Waals surface area contributed by atoms with Crippen LogP contribution >= 0.6 is 0 Å². The van der Waals surface area contributed by atoms with E-state index in [2.05, 4.69) is 4.99 Å². The van der Waals surface area contributed by atoms with Crippen LogP contribution in [0.15, 0.2) is 41.4 Å². The largest absolute Gasteiger partial charge is 0.507 e. The Hall–Kier alpha value is -2.82. The Kier molecular flexibility index (Phi) is 4.78. The van der Waals surface area contributed by atoms with Crippen molar-refractivity contribution in [1.29, 1.82) is 0 Å².